The molecule has 2 atom stereocenters. The van der Waals surface area contributed by atoms with Crippen LogP contribution in [-0.2, 0) is 14.3 Å². The van der Waals surface area contributed by atoms with Crippen LogP contribution in [0.4, 0.5) is 21.9 Å². The Bertz CT molecular complexity index is 1670. The smallest absolute Gasteiger partial charge is 0.410 e. The van der Waals surface area contributed by atoms with Crippen LogP contribution in [0.2, 0.25) is 0 Å². The van der Waals surface area contributed by atoms with E-state index < -0.39 is 35.6 Å². The van der Waals surface area contributed by atoms with Crippen LogP contribution < -0.4 is 16.0 Å². The van der Waals surface area contributed by atoms with Crippen LogP contribution in [0.3, 0.4) is 0 Å². The third-order valence-electron chi connectivity index (χ3n) is 7.95. The molecule has 5 amide bonds. The number of benzene rings is 3. The lowest BCUT2D eigenvalue weighted by atomic mass is 10.1. The van der Waals surface area contributed by atoms with E-state index in [1.54, 1.807) is 81.4 Å². The van der Waals surface area contributed by atoms with Gasteiger partial charge < -0.3 is 25.6 Å². The summed E-state index contributed by atoms with van der Waals surface area (Å²) in [5.41, 5.74) is 0.878. The van der Waals surface area contributed by atoms with Gasteiger partial charge >= 0.3 is 6.09 Å². The molecule has 246 valence electrons. The van der Waals surface area contributed by atoms with Crippen LogP contribution in [0.5, 0.6) is 0 Å². The number of anilines is 3. The molecule has 2 saturated heterocycles. The molecule has 3 aromatic rings. The molecular formula is C35H38BrN5O6. The van der Waals surface area contributed by atoms with Gasteiger partial charge in [-0.25, -0.2) is 4.79 Å². The van der Waals surface area contributed by atoms with Crippen LogP contribution in [0.15, 0.2) is 77.3 Å². The van der Waals surface area contributed by atoms with Crippen LogP contribution in [0.1, 0.15) is 67.2 Å². The van der Waals surface area contributed by atoms with Crippen molar-refractivity contribution in [1.82, 2.24) is 9.80 Å². The highest BCUT2D eigenvalue weighted by Gasteiger charge is 2.38. The van der Waals surface area contributed by atoms with Gasteiger partial charge in [0.05, 0.1) is 22.5 Å². The van der Waals surface area contributed by atoms with E-state index in [-0.39, 0.29) is 34.3 Å². The number of likely N-dealkylation sites (tertiary alicyclic amines) is 2. The fourth-order valence-electron chi connectivity index (χ4n) is 5.75. The molecule has 0 aliphatic carbocycles. The molecule has 5 rings (SSSR count). The SMILES string of the molecule is CC(C)(C)OC(=O)N1CCC[C@@H]1C(=O)Nc1ccccc1C(=O)Nc1ccccc1C(=O)N1CCC[C@H]1C(=O)Nc1ccc(Br)cc1. The maximum absolute atomic E-state index is 13.8. The second-order valence-electron chi connectivity index (χ2n) is 12.5. The van der Waals surface area contributed by atoms with Crippen LogP contribution in [0, 0.1) is 0 Å². The number of carbonyl (C=O) groups is 5. The second-order valence-corrected chi connectivity index (χ2v) is 13.4. The summed E-state index contributed by atoms with van der Waals surface area (Å²) in [6.45, 7) is 6.09. The summed E-state index contributed by atoms with van der Waals surface area (Å²) in [5, 5.41) is 8.54. The third kappa shape index (κ3) is 8.18. The molecule has 2 aliphatic rings. The first kappa shape index (κ1) is 33.6. The summed E-state index contributed by atoms with van der Waals surface area (Å²) in [6.07, 6.45) is 1.73. The molecule has 2 fully saturated rings. The van der Waals surface area contributed by atoms with Crippen molar-refractivity contribution in [3.8, 4) is 0 Å². The summed E-state index contributed by atoms with van der Waals surface area (Å²) in [5.74, 6) is -1.62. The summed E-state index contributed by atoms with van der Waals surface area (Å²) in [7, 11) is 0. The molecule has 0 spiro atoms. The van der Waals surface area contributed by atoms with Crippen molar-refractivity contribution < 1.29 is 28.7 Å². The molecule has 3 aromatic carbocycles. The monoisotopic (exact) mass is 703 g/mol. The van der Waals surface area contributed by atoms with Crippen molar-refractivity contribution in [3.63, 3.8) is 0 Å². The number of halogens is 1. The zero-order valence-corrected chi connectivity index (χ0v) is 28.1. The molecule has 0 radical (unpaired) electrons. The Balaban J connectivity index is 1.29. The summed E-state index contributed by atoms with van der Waals surface area (Å²) < 4.78 is 6.37. The topological polar surface area (TPSA) is 137 Å². The highest BCUT2D eigenvalue weighted by molar-refractivity contribution is 9.10. The molecule has 0 saturated carbocycles. The van der Waals surface area contributed by atoms with Crippen molar-refractivity contribution in [2.45, 2.75) is 64.1 Å². The number of hydrogen-bond donors (Lipinski definition) is 3. The number of rotatable bonds is 7. The maximum atomic E-state index is 13.8. The maximum Gasteiger partial charge on any atom is 0.410 e. The zero-order valence-electron chi connectivity index (χ0n) is 26.5. The van der Waals surface area contributed by atoms with Gasteiger partial charge in [0, 0.05) is 23.2 Å². The molecule has 0 aromatic heterocycles. The van der Waals surface area contributed by atoms with E-state index in [4.69, 9.17) is 4.74 Å². The Morgan fingerprint density at radius 3 is 1.87 bits per heavy atom. The predicted molar refractivity (Wildman–Crippen MR) is 182 cm³/mol. The minimum absolute atomic E-state index is 0.179. The average Bonchev–Trinajstić information content (AvgIpc) is 3.73. The summed E-state index contributed by atoms with van der Waals surface area (Å²) >= 11 is 3.38. The first-order chi connectivity index (χ1) is 22.4. The number of nitrogens with one attached hydrogen (secondary N) is 3. The molecule has 11 nitrogen and oxygen atoms in total. The summed E-state index contributed by atoms with van der Waals surface area (Å²) in [6, 6.07) is 19.0. The predicted octanol–water partition coefficient (Wildman–Crippen LogP) is 6.28. The van der Waals surface area contributed by atoms with Crippen molar-refractivity contribution in [2.24, 2.45) is 0 Å². The fourth-order valence-corrected chi connectivity index (χ4v) is 6.01. The Morgan fingerprint density at radius 2 is 1.23 bits per heavy atom. The van der Waals surface area contributed by atoms with Gasteiger partial charge in [0.2, 0.25) is 11.8 Å². The standard InChI is InChI=1S/C35H38BrN5O6/c1-35(2,3)47-34(46)41-21-9-15-29(41)32(44)39-26-12-6-4-10-24(26)30(42)38-27-13-7-5-11-25(27)33(45)40-20-8-14-28(40)31(43)37-23-18-16-22(36)17-19-23/h4-7,10-13,16-19,28-29H,8-9,14-15,20-21H2,1-3H3,(H,37,43)(H,38,42)(H,39,44)/t28-,29+/m0/s1. The van der Waals surface area contributed by atoms with Crippen molar-refractivity contribution >= 4 is 62.7 Å². The number of amides is 5. The van der Waals surface area contributed by atoms with Crippen LogP contribution in [0.25, 0.3) is 0 Å². The Morgan fingerprint density at radius 1 is 0.702 bits per heavy atom. The van der Waals surface area contributed by atoms with E-state index in [9.17, 15) is 24.0 Å². The number of para-hydroxylation sites is 2. The van der Waals surface area contributed by atoms with Gasteiger partial charge in [-0.3, -0.25) is 24.1 Å². The summed E-state index contributed by atoms with van der Waals surface area (Å²) in [4.78, 5) is 69.7. The average molecular weight is 705 g/mol. The third-order valence-corrected chi connectivity index (χ3v) is 8.48. The van der Waals surface area contributed by atoms with Gasteiger partial charge in [-0.2, -0.15) is 0 Å². The molecule has 2 aliphatic heterocycles. The minimum Gasteiger partial charge on any atom is -0.444 e. The van der Waals surface area contributed by atoms with E-state index in [1.165, 1.54) is 9.80 Å². The van der Waals surface area contributed by atoms with E-state index in [0.29, 0.717) is 44.5 Å². The zero-order chi connectivity index (χ0) is 33.7. The normalized spacial score (nSPS) is 17.6. The van der Waals surface area contributed by atoms with Crippen molar-refractivity contribution in [1.29, 1.82) is 0 Å². The largest absolute Gasteiger partial charge is 0.444 e. The molecule has 2 heterocycles. The Labute approximate surface area is 282 Å². The van der Waals surface area contributed by atoms with Crippen LogP contribution in [-0.4, -0.2) is 70.3 Å². The lowest BCUT2D eigenvalue weighted by Crippen LogP contribution is -2.45. The first-order valence-corrected chi connectivity index (χ1v) is 16.4. The number of ether oxygens (including phenoxy) is 1. The van der Waals surface area contributed by atoms with Crippen molar-refractivity contribution in [2.75, 3.05) is 29.0 Å². The molecule has 47 heavy (non-hydrogen) atoms. The quantitative estimate of drug-likeness (QED) is 0.265. The first-order valence-electron chi connectivity index (χ1n) is 15.6. The van der Waals surface area contributed by atoms with E-state index in [2.05, 4.69) is 31.9 Å². The van der Waals surface area contributed by atoms with Gasteiger partial charge in [0.15, 0.2) is 0 Å². The lowest BCUT2D eigenvalue weighted by Gasteiger charge is -2.28. The van der Waals surface area contributed by atoms with Gasteiger partial charge in [-0.1, -0.05) is 40.2 Å². The highest BCUT2D eigenvalue weighted by atomic mass is 79.9. The molecule has 3 N–H and O–H groups in total. The Hall–Kier alpha value is -4.71. The number of carbonyl (C=O) groups excluding carboxylic acids is 5. The fraction of sp³-hybridized carbons (Fsp3) is 0.343. The molecule has 0 bridgehead atoms. The van der Waals surface area contributed by atoms with E-state index >= 15 is 0 Å². The van der Waals surface area contributed by atoms with Gasteiger partial charge in [0.1, 0.15) is 17.7 Å². The van der Waals surface area contributed by atoms with E-state index in [1.807, 2.05) is 12.1 Å². The molecule has 0 unspecified atom stereocenters. The minimum atomic E-state index is -0.742. The lowest BCUT2D eigenvalue weighted by molar-refractivity contribution is -0.120. The van der Waals surface area contributed by atoms with Crippen molar-refractivity contribution in [3.05, 3.63) is 88.4 Å². The second kappa shape index (κ2) is 14.4. The highest BCUT2D eigenvalue weighted by Crippen LogP contribution is 2.28. The van der Waals surface area contributed by atoms with E-state index in [0.717, 1.165) is 4.47 Å². The van der Waals surface area contributed by atoms with Gasteiger partial charge in [-0.05, 0) is 95.0 Å². The van der Waals surface area contributed by atoms with Crippen LogP contribution >= 0.6 is 15.9 Å². The Kier molecular flexibility index (Phi) is 10.3. The van der Waals surface area contributed by atoms with Gasteiger partial charge in [-0.15, -0.1) is 0 Å². The number of hydrogen-bond acceptors (Lipinski definition) is 6. The van der Waals surface area contributed by atoms with Gasteiger partial charge in [0.25, 0.3) is 11.8 Å². The molecule has 12 heteroatoms. The molecular weight excluding hydrogens is 666 g/mol. The number of nitrogens with zero attached hydrogens (tertiary/aromatic N) is 2.